The summed E-state index contributed by atoms with van der Waals surface area (Å²) in [4.78, 5) is 23.4. The van der Waals surface area contributed by atoms with Gasteiger partial charge in [-0.15, -0.1) is 10.2 Å². The molecule has 0 fully saturated rings. The molecule has 1 unspecified atom stereocenters. The number of nitrogens with zero attached hydrogens (tertiary/aromatic N) is 4. The van der Waals surface area contributed by atoms with Gasteiger partial charge in [0, 0.05) is 19.3 Å². The first kappa shape index (κ1) is 22.1. The first-order valence-electron chi connectivity index (χ1n) is 8.73. The van der Waals surface area contributed by atoms with E-state index < -0.39 is 27.2 Å². The number of carbonyl (C=O) groups is 2. The van der Waals surface area contributed by atoms with Crippen molar-refractivity contribution in [3.8, 4) is 0 Å². The number of nitrogens with two attached hydrogens (primary N) is 1. The Kier molecular flexibility index (Phi) is 7.01. The third kappa shape index (κ3) is 4.62. The lowest BCUT2D eigenvalue weighted by Crippen LogP contribution is -2.42. The summed E-state index contributed by atoms with van der Waals surface area (Å²) in [5, 5.41) is 9.82. The smallest absolute Gasteiger partial charge is 0.318 e. The van der Waals surface area contributed by atoms with Gasteiger partial charge >= 0.3 is 6.03 Å². The second-order valence-corrected chi connectivity index (χ2v) is 9.35. The summed E-state index contributed by atoms with van der Waals surface area (Å²) < 4.78 is 28.4. The molecule has 0 spiro atoms. The zero-order valence-electron chi connectivity index (χ0n) is 16.1. The molecule has 2 rings (SSSR count). The van der Waals surface area contributed by atoms with Gasteiger partial charge in [-0.2, -0.15) is 4.31 Å². The number of imide groups is 1. The van der Waals surface area contributed by atoms with Gasteiger partial charge in [0.15, 0.2) is 10.8 Å². The molecule has 0 radical (unpaired) electrons. The van der Waals surface area contributed by atoms with Gasteiger partial charge in [0.05, 0.1) is 10.1 Å². The molecule has 0 aliphatic rings. The molecule has 0 aliphatic carbocycles. The molecule has 3 amide bonds. The Hall–Kier alpha value is -2.18. The van der Waals surface area contributed by atoms with Crippen molar-refractivity contribution in [2.45, 2.75) is 43.0 Å². The second-order valence-electron chi connectivity index (χ2n) is 6.30. The molecule has 0 aliphatic heterocycles. The fourth-order valence-corrected chi connectivity index (χ4v) is 5.06. The SMILES string of the molecule is CCN(CC)S(=O)(=O)c1ccc2nnc(SC(C(=O)NC(N)=O)C(C)C)n2c1. The predicted molar refractivity (Wildman–Crippen MR) is 105 cm³/mol. The molecule has 28 heavy (non-hydrogen) atoms. The van der Waals surface area contributed by atoms with E-state index in [1.54, 1.807) is 19.9 Å². The normalized spacial score (nSPS) is 13.2. The highest BCUT2D eigenvalue weighted by Crippen LogP contribution is 2.28. The summed E-state index contributed by atoms with van der Waals surface area (Å²) in [5.74, 6) is -0.685. The van der Waals surface area contributed by atoms with Crippen LogP contribution in [0.5, 0.6) is 0 Å². The quantitative estimate of drug-likeness (QED) is 0.599. The van der Waals surface area contributed by atoms with E-state index in [9.17, 15) is 18.0 Å². The van der Waals surface area contributed by atoms with Gasteiger partial charge in [-0.25, -0.2) is 13.2 Å². The van der Waals surface area contributed by atoms with E-state index in [0.29, 0.717) is 23.9 Å². The number of sulfonamides is 1. The Morgan fingerprint density at radius 2 is 1.89 bits per heavy atom. The molecule has 0 saturated carbocycles. The van der Waals surface area contributed by atoms with Gasteiger partial charge in [0.25, 0.3) is 0 Å². The van der Waals surface area contributed by atoms with Crippen molar-refractivity contribution < 1.29 is 18.0 Å². The molecular formula is C16H24N6O4S2. The monoisotopic (exact) mass is 428 g/mol. The zero-order valence-corrected chi connectivity index (χ0v) is 17.7. The Morgan fingerprint density at radius 1 is 1.25 bits per heavy atom. The van der Waals surface area contributed by atoms with E-state index in [1.165, 1.54) is 21.0 Å². The van der Waals surface area contributed by atoms with Crippen LogP contribution < -0.4 is 11.1 Å². The maximum absolute atomic E-state index is 12.8. The van der Waals surface area contributed by atoms with Crippen LogP contribution in [-0.4, -0.2) is 57.6 Å². The van der Waals surface area contributed by atoms with Gasteiger partial charge < -0.3 is 5.73 Å². The summed E-state index contributed by atoms with van der Waals surface area (Å²) in [5.41, 5.74) is 5.48. The Morgan fingerprint density at radius 3 is 2.43 bits per heavy atom. The number of fused-ring (bicyclic) bond motifs is 1. The first-order chi connectivity index (χ1) is 13.1. The molecule has 2 aromatic heterocycles. The predicted octanol–water partition coefficient (Wildman–Crippen LogP) is 1.07. The fraction of sp³-hybridized carbons (Fsp3) is 0.500. The highest BCUT2D eigenvalue weighted by Gasteiger charge is 2.28. The summed E-state index contributed by atoms with van der Waals surface area (Å²) in [7, 11) is -3.66. The molecule has 10 nitrogen and oxygen atoms in total. The maximum atomic E-state index is 12.8. The van der Waals surface area contributed by atoms with Crippen molar-refractivity contribution in [2.24, 2.45) is 11.7 Å². The lowest BCUT2D eigenvalue weighted by molar-refractivity contribution is -0.120. The van der Waals surface area contributed by atoms with E-state index in [-0.39, 0.29) is 10.8 Å². The molecule has 2 heterocycles. The Bertz CT molecular complexity index is 969. The van der Waals surface area contributed by atoms with Crippen LogP contribution in [0.15, 0.2) is 28.4 Å². The summed E-state index contributed by atoms with van der Waals surface area (Å²) in [6.07, 6.45) is 1.44. The second kappa shape index (κ2) is 8.88. The van der Waals surface area contributed by atoms with Crippen molar-refractivity contribution in [3.63, 3.8) is 0 Å². The number of thioether (sulfide) groups is 1. The number of urea groups is 1. The molecular weight excluding hydrogens is 404 g/mol. The van der Waals surface area contributed by atoms with Gasteiger partial charge in [-0.1, -0.05) is 39.5 Å². The molecule has 12 heteroatoms. The van der Waals surface area contributed by atoms with Gasteiger partial charge in [0.1, 0.15) is 0 Å². The summed E-state index contributed by atoms with van der Waals surface area (Å²) in [6, 6.07) is 2.10. The average Bonchev–Trinajstić information content (AvgIpc) is 3.01. The molecule has 2 aromatic rings. The molecule has 0 aromatic carbocycles. The van der Waals surface area contributed by atoms with E-state index in [4.69, 9.17) is 5.73 Å². The van der Waals surface area contributed by atoms with E-state index in [2.05, 4.69) is 15.5 Å². The van der Waals surface area contributed by atoms with Crippen molar-refractivity contribution in [1.29, 1.82) is 0 Å². The minimum absolute atomic E-state index is 0.105. The Balaban J connectivity index is 2.44. The van der Waals surface area contributed by atoms with Crippen molar-refractivity contribution in [3.05, 3.63) is 18.3 Å². The molecule has 1 atom stereocenters. The summed E-state index contributed by atoms with van der Waals surface area (Å²) >= 11 is 1.08. The third-order valence-electron chi connectivity index (χ3n) is 4.03. The number of rotatable bonds is 8. The van der Waals surface area contributed by atoms with Crippen LogP contribution in [0.2, 0.25) is 0 Å². The minimum Gasteiger partial charge on any atom is -0.351 e. The van der Waals surface area contributed by atoms with E-state index in [0.717, 1.165) is 11.8 Å². The largest absolute Gasteiger partial charge is 0.351 e. The topological polar surface area (TPSA) is 140 Å². The zero-order chi connectivity index (χ0) is 21.1. The van der Waals surface area contributed by atoms with Crippen LogP contribution in [-0.2, 0) is 14.8 Å². The molecule has 0 saturated heterocycles. The number of primary amides is 1. The lowest BCUT2D eigenvalue weighted by atomic mass is 10.1. The van der Waals surface area contributed by atoms with Crippen LogP contribution in [0.25, 0.3) is 5.65 Å². The van der Waals surface area contributed by atoms with Crippen molar-refractivity contribution in [2.75, 3.05) is 13.1 Å². The third-order valence-corrected chi connectivity index (χ3v) is 7.56. The number of hydrogen-bond donors (Lipinski definition) is 2. The highest BCUT2D eigenvalue weighted by molar-refractivity contribution is 8.00. The van der Waals surface area contributed by atoms with Crippen LogP contribution >= 0.6 is 11.8 Å². The lowest BCUT2D eigenvalue weighted by Gasteiger charge is -2.19. The van der Waals surface area contributed by atoms with Crippen LogP contribution in [0, 0.1) is 5.92 Å². The van der Waals surface area contributed by atoms with Gasteiger partial charge in [-0.05, 0) is 18.1 Å². The number of hydrogen-bond acceptors (Lipinski definition) is 7. The van der Waals surface area contributed by atoms with Crippen molar-refractivity contribution >= 4 is 39.4 Å². The Labute approximate surface area is 167 Å². The number of pyridine rings is 1. The van der Waals surface area contributed by atoms with E-state index >= 15 is 0 Å². The fourth-order valence-electron chi connectivity index (χ4n) is 2.59. The first-order valence-corrected chi connectivity index (χ1v) is 11.1. The molecule has 154 valence electrons. The number of amides is 3. The summed E-state index contributed by atoms with van der Waals surface area (Å²) in [6.45, 7) is 7.87. The highest BCUT2D eigenvalue weighted by atomic mass is 32.2. The molecule has 3 N–H and O–H groups in total. The maximum Gasteiger partial charge on any atom is 0.318 e. The number of nitrogens with one attached hydrogen (secondary N) is 1. The van der Waals surface area contributed by atoms with Gasteiger partial charge in [-0.3, -0.25) is 14.5 Å². The number of aromatic nitrogens is 3. The van der Waals surface area contributed by atoms with Crippen LogP contribution in [0.3, 0.4) is 0 Å². The molecule has 0 bridgehead atoms. The van der Waals surface area contributed by atoms with Crippen molar-refractivity contribution in [1.82, 2.24) is 24.2 Å². The van der Waals surface area contributed by atoms with Crippen LogP contribution in [0.4, 0.5) is 4.79 Å². The number of carbonyl (C=O) groups excluding carboxylic acids is 2. The van der Waals surface area contributed by atoms with Crippen LogP contribution in [0.1, 0.15) is 27.7 Å². The minimum atomic E-state index is -3.66. The van der Waals surface area contributed by atoms with Gasteiger partial charge in [0.2, 0.25) is 15.9 Å². The standard InChI is InChI=1S/C16H24N6O4S2/c1-5-21(6-2)28(25,26)11-7-8-12-19-20-16(22(12)9-11)27-13(10(3)4)14(23)18-15(17)24/h7-10,13H,5-6H2,1-4H3,(H3,17,18,23,24). The van der Waals surface area contributed by atoms with E-state index in [1.807, 2.05) is 13.8 Å². The average molecular weight is 429 g/mol.